The van der Waals surface area contributed by atoms with Crippen LogP contribution in [-0.2, 0) is 14.4 Å². The molecule has 2 aromatic rings. The van der Waals surface area contributed by atoms with E-state index in [1.165, 1.54) is 23.6 Å². The van der Waals surface area contributed by atoms with Crippen molar-refractivity contribution in [1.29, 1.82) is 0 Å². The number of hydrogen-bond acceptors (Lipinski definition) is 6. The van der Waals surface area contributed by atoms with Crippen LogP contribution in [0.2, 0.25) is 0 Å². The van der Waals surface area contributed by atoms with Crippen LogP contribution in [0.3, 0.4) is 0 Å². The molecule has 3 rings (SSSR count). The maximum absolute atomic E-state index is 12.7. The first kappa shape index (κ1) is 23.3. The van der Waals surface area contributed by atoms with E-state index in [1.54, 1.807) is 37.4 Å². The zero-order chi connectivity index (χ0) is 23.1. The fourth-order valence-electron chi connectivity index (χ4n) is 3.12. The SMILES string of the molecule is CC(=O)NC1NC(SCC(=O)N(C)c2ccccc2)NC(=O)C1NC(=O)c1ccccc1. The molecule has 3 atom stereocenters. The van der Waals surface area contributed by atoms with Crippen molar-refractivity contribution in [2.45, 2.75) is 24.6 Å². The van der Waals surface area contributed by atoms with Gasteiger partial charge in [0.2, 0.25) is 17.7 Å². The van der Waals surface area contributed by atoms with Crippen LogP contribution in [0.15, 0.2) is 60.7 Å². The normalized spacial score (nSPS) is 20.1. The Morgan fingerprint density at radius 3 is 2.25 bits per heavy atom. The molecule has 9 nitrogen and oxygen atoms in total. The van der Waals surface area contributed by atoms with Crippen molar-refractivity contribution in [1.82, 2.24) is 21.3 Å². The van der Waals surface area contributed by atoms with Gasteiger partial charge in [-0.3, -0.25) is 24.5 Å². The van der Waals surface area contributed by atoms with Crippen molar-refractivity contribution >= 4 is 41.1 Å². The Bertz CT molecular complexity index is 973. The highest BCUT2D eigenvalue weighted by Crippen LogP contribution is 2.16. The van der Waals surface area contributed by atoms with Crippen molar-refractivity contribution in [3.05, 3.63) is 66.2 Å². The maximum Gasteiger partial charge on any atom is 0.252 e. The molecule has 32 heavy (non-hydrogen) atoms. The molecule has 0 radical (unpaired) electrons. The van der Waals surface area contributed by atoms with E-state index in [9.17, 15) is 19.2 Å². The molecule has 1 heterocycles. The van der Waals surface area contributed by atoms with Gasteiger partial charge in [0.05, 0.1) is 5.75 Å². The van der Waals surface area contributed by atoms with E-state index in [0.717, 1.165) is 5.69 Å². The lowest BCUT2D eigenvalue weighted by Gasteiger charge is -2.37. The Kier molecular flexibility index (Phi) is 7.85. The van der Waals surface area contributed by atoms with Gasteiger partial charge in [-0.25, -0.2) is 0 Å². The van der Waals surface area contributed by atoms with Gasteiger partial charge >= 0.3 is 0 Å². The number of nitrogens with one attached hydrogen (secondary N) is 4. The quantitative estimate of drug-likeness (QED) is 0.487. The summed E-state index contributed by atoms with van der Waals surface area (Å²) in [5.41, 5.74) is 0.531. The summed E-state index contributed by atoms with van der Waals surface area (Å²) in [6.07, 6.45) is -0.839. The zero-order valence-electron chi connectivity index (χ0n) is 17.7. The van der Waals surface area contributed by atoms with Gasteiger partial charge in [-0.1, -0.05) is 36.4 Å². The molecule has 0 saturated carbocycles. The number of rotatable bonds is 7. The van der Waals surface area contributed by atoms with Gasteiger partial charge in [0.25, 0.3) is 5.91 Å². The molecular weight excluding hydrogens is 430 g/mol. The lowest BCUT2D eigenvalue weighted by Crippen LogP contribution is -2.72. The number of carbonyl (C=O) groups is 4. The van der Waals surface area contributed by atoms with Crippen LogP contribution in [-0.4, -0.2) is 54.1 Å². The standard InChI is InChI=1S/C22H25N5O4S/c1-14(28)23-19-18(24-20(30)15-9-5-3-6-10-15)21(31)26-22(25-19)32-13-17(29)27(2)16-11-7-4-8-12-16/h3-12,18-19,22,25H,13H2,1-2H3,(H,23,28)(H,24,30)(H,26,31). The summed E-state index contributed by atoms with van der Waals surface area (Å²) in [4.78, 5) is 51.0. The van der Waals surface area contributed by atoms with Crippen molar-refractivity contribution < 1.29 is 19.2 Å². The highest BCUT2D eigenvalue weighted by molar-refractivity contribution is 8.00. The minimum Gasteiger partial charge on any atom is -0.338 e. The number of thioether (sulfide) groups is 1. The molecule has 0 spiro atoms. The molecule has 3 unspecified atom stereocenters. The average Bonchev–Trinajstić information content (AvgIpc) is 2.79. The number of hydrogen-bond donors (Lipinski definition) is 4. The van der Waals surface area contributed by atoms with Gasteiger partial charge < -0.3 is 20.9 Å². The molecule has 1 fully saturated rings. The van der Waals surface area contributed by atoms with Gasteiger partial charge in [0, 0.05) is 25.2 Å². The Hall–Kier alpha value is -3.37. The fraction of sp³-hybridized carbons (Fsp3) is 0.273. The van der Waals surface area contributed by atoms with Gasteiger partial charge in [-0.05, 0) is 24.3 Å². The average molecular weight is 456 g/mol. The van der Waals surface area contributed by atoms with Crippen LogP contribution < -0.4 is 26.2 Å². The Labute approximate surface area is 190 Å². The Morgan fingerprint density at radius 1 is 1.00 bits per heavy atom. The second-order valence-electron chi connectivity index (χ2n) is 7.15. The first-order valence-electron chi connectivity index (χ1n) is 9.98. The molecule has 0 bridgehead atoms. The van der Waals surface area contributed by atoms with E-state index in [1.807, 2.05) is 30.3 Å². The molecule has 10 heteroatoms. The van der Waals surface area contributed by atoms with E-state index < -0.39 is 29.5 Å². The van der Waals surface area contributed by atoms with Crippen LogP contribution in [0.25, 0.3) is 0 Å². The number of para-hydroxylation sites is 1. The molecular formula is C22H25N5O4S. The van der Waals surface area contributed by atoms with Crippen molar-refractivity contribution in [2.75, 3.05) is 17.7 Å². The molecule has 0 aliphatic carbocycles. The van der Waals surface area contributed by atoms with E-state index in [4.69, 9.17) is 0 Å². The van der Waals surface area contributed by atoms with Crippen LogP contribution in [0.1, 0.15) is 17.3 Å². The summed E-state index contributed by atoms with van der Waals surface area (Å²) in [6.45, 7) is 1.32. The first-order valence-corrected chi connectivity index (χ1v) is 11.0. The predicted molar refractivity (Wildman–Crippen MR) is 123 cm³/mol. The van der Waals surface area contributed by atoms with Crippen LogP contribution in [0.4, 0.5) is 5.69 Å². The number of anilines is 1. The molecule has 1 saturated heterocycles. The summed E-state index contributed by atoms with van der Waals surface area (Å²) in [5.74, 6) is -1.31. The summed E-state index contributed by atoms with van der Waals surface area (Å²) < 4.78 is 0. The van der Waals surface area contributed by atoms with Crippen molar-refractivity contribution in [2.24, 2.45) is 0 Å². The minimum atomic E-state index is -1.02. The molecule has 168 valence electrons. The molecule has 0 aromatic heterocycles. The van der Waals surface area contributed by atoms with Crippen LogP contribution in [0, 0.1) is 0 Å². The maximum atomic E-state index is 12.7. The molecule has 4 amide bonds. The van der Waals surface area contributed by atoms with Crippen LogP contribution in [0.5, 0.6) is 0 Å². The Morgan fingerprint density at radius 2 is 1.62 bits per heavy atom. The third-order valence-electron chi connectivity index (χ3n) is 4.79. The lowest BCUT2D eigenvalue weighted by molar-refractivity contribution is -0.127. The second-order valence-corrected chi connectivity index (χ2v) is 8.24. The third-order valence-corrected chi connectivity index (χ3v) is 5.79. The zero-order valence-corrected chi connectivity index (χ0v) is 18.5. The van der Waals surface area contributed by atoms with Crippen LogP contribution >= 0.6 is 11.8 Å². The monoisotopic (exact) mass is 455 g/mol. The van der Waals surface area contributed by atoms with E-state index in [-0.39, 0.29) is 17.6 Å². The molecule has 2 aromatic carbocycles. The number of carbonyl (C=O) groups excluding carboxylic acids is 4. The number of benzene rings is 2. The van der Waals surface area contributed by atoms with Gasteiger partial charge in [0.1, 0.15) is 17.7 Å². The highest BCUT2D eigenvalue weighted by atomic mass is 32.2. The molecule has 1 aliphatic rings. The summed E-state index contributed by atoms with van der Waals surface area (Å²) >= 11 is 1.18. The second kappa shape index (κ2) is 10.8. The minimum absolute atomic E-state index is 0.0944. The van der Waals surface area contributed by atoms with Gasteiger partial charge in [-0.15, -0.1) is 11.8 Å². The summed E-state index contributed by atoms with van der Waals surface area (Å²) in [7, 11) is 1.68. The third kappa shape index (κ3) is 6.08. The highest BCUT2D eigenvalue weighted by Gasteiger charge is 2.38. The Balaban J connectivity index is 1.62. The molecule has 1 aliphatic heterocycles. The number of nitrogens with zero attached hydrogens (tertiary/aromatic N) is 1. The smallest absolute Gasteiger partial charge is 0.252 e. The van der Waals surface area contributed by atoms with E-state index in [2.05, 4.69) is 21.3 Å². The van der Waals surface area contributed by atoms with Crippen molar-refractivity contribution in [3.63, 3.8) is 0 Å². The van der Waals surface area contributed by atoms with E-state index in [0.29, 0.717) is 5.56 Å². The topological polar surface area (TPSA) is 120 Å². The summed E-state index contributed by atoms with van der Waals surface area (Å²) in [5, 5.41) is 11.1. The van der Waals surface area contributed by atoms with Gasteiger partial charge in [-0.2, -0.15) is 0 Å². The largest absolute Gasteiger partial charge is 0.338 e. The fourth-order valence-corrected chi connectivity index (χ4v) is 4.06. The first-order chi connectivity index (χ1) is 15.3. The summed E-state index contributed by atoms with van der Waals surface area (Å²) in [6, 6.07) is 16.7. The molecule has 4 N–H and O–H groups in total. The number of amides is 4. The van der Waals surface area contributed by atoms with E-state index >= 15 is 0 Å². The lowest BCUT2D eigenvalue weighted by atomic mass is 10.1. The van der Waals surface area contributed by atoms with Gasteiger partial charge in [0.15, 0.2) is 0 Å². The van der Waals surface area contributed by atoms with Crippen molar-refractivity contribution in [3.8, 4) is 0 Å². The predicted octanol–water partition coefficient (Wildman–Crippen LogP) is 0.646.